The fourth-order valence-corrected chi connectivity index (χ4v) is 3.00. The van der Waals surface area contributed by atoms with Gasteiger partial charge in [-0.15, -0.1) is 0 Å². The Labute approximate surface area is 156 Å². The second-order valence-corrected chi connectivity index (χ2v) is 6.44. The van der Waals surface area contributed by atoms with Crippen LogP contribution in [0.1, 0.15) is 5.56 Å². The number of nitrogens with one attached hydrogen (secondary N) is 1. The van der Waals surface area contributed by atoms with Crippen molar-refractivity contribution in [3.05, 3.63) is 57.2 Å². The minimum Gasteiger partial charge on any atom is -0.504 e. The van der Waals surface area contributed by atoms with E-state index in [9.17, 15) is 14.7 Å². The topological polar surface area (TPSA) is 78.9 Å². The number of halogens is 2. The van der Waals surface area contributed by atoms with Gasteiger partial charge >= 0.3 is 6.03 Å². The summed E-state index contributed by atoms with van der Waals surface area (Å²) in [5, 5.41) is 12.7. The van der Waals surface area contributed by atoms with E-state index >= 15 is 0 Å². The molecule has 0 spiro atoms. The van der Waals surface area contributed by atoms with Crippen molar-refractivity contribution < 1.29 is 19.4 Å². The molecule has 3 rings (SSSR count). The molecule has 128 valence electrons. The Hall–Kier alpha value is -2.51. The van der Waals surface area contributed by atoms with Crippen molar-refractivity contribution in [1.82, 2.24) is 5.32 Å². The molecule has 8 heteroatoms. The summed E-state index contributed by atoms with van der Waals surface area (Å²) in [6, 6.07) is 8.88. The van der Waals surface area contributed by atoms with Crippen LogP contribution in [0.5, 0.6) is 11.5 Å². The molecule has 0 radical (unpaired) electrons. The van der Waals surface area contributed by atoms with Gasteiger partial charge in [0.15, 0.2) is 11.5 Å². The molecular weight excluding hydrogens is 412 g/mol. The second kappa shape index (κ2) is 6.78. The average Bonchev–Trinajstić information content (AvgIpc) is 2.84. The molecule has 1 fully saturated rings. The fraction of sp³-hybridized carbons (Fsp3) is 0.0588. The first-order valence-corrected chi connectivity index (χ1v) is 8.27. The van der Waals surface area contributed by atoms with Crippen LogP contribution >= 0.6 is 27.5 Å². The quantitative estimate of drug-likeness (QED) is 0.579. The molecule has 0 saturated carbocycles. The predicted octanol–water partition coefficient (Wildman–Crippen LogP) is 3.91. The lowest BCUT2D eigenvalue weighted by Gasteiger charge is -2.11. The molecule has 0 atom stereocenters. The highest BCUT2D eigenvalue weighted by Gasteiger charge is 2.35. The highest BCUT2D eigenvalue weighted by molar-refractivity contribution is 9.10. The lowest BCUT2D eigenvalue weighted by atomic mass is 10.1. The number of amides is 3. The Balaban J connectivity index is 1.99. The highest BCUT2D eigenvalue weighted by atomic mass is 79.9. The third kappa shape index (κ3) is 3.33. The van der Waals surface area contributed by atoms with Crippen LogP contribution in [-0.2, 0) is 4.79 Å². The van der Waals surface area contributed by atoms with Crippen molar-refractivity contribution in [1.29, 1.82) is 0 Å². The molecule has 0 aromatic heterocycles. The van der Waals surface area contributed by atoms with E-state index in [-0.39, 0.29) is 17.2 Å². The number of carbonyl (C=O) groups excluding carboxylic acids is 2. The number of nitrogens with zero attached hydrogens (tertiary/aromatic N) is 1. The van der Waals surface area contributed by atoms with Gasteiger partial charge in [-0.2, -0.15) is 0 Å². The molecule has 1 heterocycles. The molecule has 6 nitrogen and oxygen atoms in total. The summed E-state index contributed by atoms with van der Waals surface area (Å²) >= 11 is 9.23. The first-order valence-electron chi connectivity index (χ1n) is 7.10. The number of aromatic hydroxyl groups is 1. The normalized spacial score (nSPS) is 15.6. The molecule has 2 aromatic rings. The zero-order valence-electron chi connectivity index (χ0n) is 12.9. The van der Waals surface area contributed by atoms with E-state index in [2.05, 4.69) is 21.2 Å². The molecule has 0 unspecified atom stereocenters. The van der Waals surface area contributed by atoms with Gasteiger partial charge < -0.3 is 15.2 Å². The van der Waals surface area contributed by atoms with Crippen LogP contribution in [0.4, 0.5) is 10.5 Å². The number of hydrogen-bond acceptors (Lipinski definition) is 4. The number of hydrogen-bond donors (Lipinski definition) is 2. The first-order chi connectivity index (χ1) is 11.9. The zero-order chi connectivity index (χ0) is 18.1. The Morgan fingerprint density at radius 1 is 1.28 bits per heavy atom. The van der Waals surface area contributed by atoms with Crippen molar-refractivity contribution in [3.63, 3.8) is 0 Å². The second-order valence-electron chi connectivity index (χ2n) is 5.15. The van der Waals surface area contributed by atoms with Crippen LogP contribution in [0, 0.1) is 0 Å². The van der Waals surface area contributed by atoms with E-state index in [0.29, 0.717) is 20.7 Å². The number of carbonyl (C=O) groups is 2. The van der Waals surface area contributed by atoms with Crippen LogP contribution in [0.2, 0.25) is 5.02 Å². The van der Waals surface area contributed by atoms with E-state index in [1.165, 1.54) is 25.3 Å². The first kappa shape index (κ1) is 17.3. The summed E-state index contributed by atoms with van der Waals surface area (Å²) in [6.07, 6.45) is 1.50. The Bertz CT molecular complexity index is 914. The zero-order valence-corrected chi connectivity index (χ0v) is 15.3. The third-order valence-corrected chi connectivity index (χ3v) is 4.46. The van der Waals surface area contributed by atoms with E-state index in [1.54, 1.807) is 24.3 Å². The molecule has 2 aromatic carbocycles. The lowest BCUT2D eigenvalue weighted by Crippen LogP contribution is -2.30. The van der Waals surface area contributed by atoms with E-state index in [1.807, 2.05) is 0 Å². The fourth-order valence-electron chi connectivity index (χ4n) is 2.37. The number of ether oxygens (including phenoxy) is 1. The maximum Gasteiger partial charge on any atom is 0.333 e. The molecule has 1 saturated heterocycles. The molecule has 0 bridgehead atoms. The molecular formula is C17H12BrClN2O4. The summed E-state index contributed by atoms with van der Waals surface area (Å²) in [5.74, 6) is -0.302. The standard InChI is InChI=1S/C17H12BrClN2O4/c1-25-15-6-9(12(18)8-14(15)22)5-13-16(23)21(17(24)20-13)11-4-2-3-10(19)7-11/h2-8,22H,1H3,(H,20,24). The van der Waals surface area contributed by atoms with Crippen LogP contribution in [0.25, 0.3) is 6.08 Å². The van der Waals surface area contributed by atoms with Crippen LogP contribution in [0.15, 0.2) is 46.6 Å². The van der Waals surface area contributed by atoms with Crippen molar-refractivity contribution in [2.24, 2.45) is 0 Å². The van der Waals surface area contributed by atoms with Gasteiger partial charge in [0.1, 0.15) is 5.70 Å². The van der Waals surface area contributed by atoms with Gasteiger partial charge in [-0.3, -0.25) is 4.79 Å². The van der Waals surface area contributed by atoms with Crippen LogP contribution in [-0.4, -0.2) is 24.2 Å². The van der Waals surface area contributed by atoms with Crippen LogP contribution < -0.4 is 15.0 Å². The Kier molecular flexibility index (Phi) is 4.69. The van der Waals surface area contributed by atoms with Gasteiger partial charge in [0, 0.05) is 9.50 Å². The minimum atomic E-state index is -0.569. The average molecular weight is 424 g/mol. The van der Waals surface area contributed by atoms with E-state index in [4.69, 9.17) is 16.3 Å². The van der Waals surface area contributed by atoms with Gasteiger partial charge in [0.2, 0.25) is 0 Å². The minimum absolute atomic E-state index is 0.0427. The molecule has 1 aliphatic heterocycles. The number of rotatable bonds is 3. The summed E-state index contributed by atoms with van der Waals surface area (Å²) in [5.41, 5.74) is 1.03. The summed E-state index contributed by atoms with van der Waals surface area (Å²) < 4.78 is 5.60. The number of urea groups is 1. The van der Waals surface area contributed by atoms with Crippen molar-refractivity contribution in [2.45, 2.75) is 0 Å². The summed E-state index contributed by atoms with van der Waals surface area (Å²) in [7, 11) is 1.42. The monoisotopic (exact) mass is 422 g/mol. The Morgan fingerprint density at radius 2 is 2.04 bits per heavy atom. The molecule has 3 amide bonds. The van der Waals surface area contributed by atoms with Gasteiger partial charge in [-0.05, 0) is 42.0 Å². The molecule has 0 aliphatic carbocycles. The highest BCUT2D eigenvalue weighted by Crippen LogP contribution is 2.34. The van der Waals surface area contributed by atoms with Crippen molar-refractivity contribution >= 4 is 51.2 Å². The third-order valence-electron chi connectivity index (χ3n) is 3.54. The van der Waals surface area contributed by atoms with Gasteiger partial charge in [0.05, 0.1) is 12.8 Å². The van der Waals surface area contributed by atoms with E-state index in [0.717, 1.165) is 4.90 Å². The molecule has 2 N–H and O–H groups in total. The molecule has 25 heavy (non-hydrogen) atoms. The van der Waals surface area contributed by atoms with Crippen molar-refractivity contribution in [2.75, 3.05) is 12.0 Å². The number of benzene rings is 2. The molecule has 1 aliphatic rings. The van der Waals surface area contributed by atoms with Crippen molar-refractivity contribution in [3.8, 4) is 11.5 Å². The number of imide groups is 1. The van der Waals surface area contributed by atoms with Gasteiger partial charge in [0.25, 0.3) is 5.91 Å². The predicted molar refractivity (Wildman–Crippen MR) is 97.8 cm³/mol. The maximum absolute atomic E-state index is 12.6. The SMILES string of the molecule is COc1cc(C=C2NC(=O)N(c3cccc(Cl)c3)C2=O)c(Br)cc1O. The van der Waals surface area contributed by atoms with Gasteiger partial charge in [-0.25, -0.2) is 9.69 Å². The lowest BCUT2D eigenvalue weighted by molar-refractivity contribution is -0.113. The largest absolute Gasteiger partial charge is 0.504 e. The van der Waals surface area contributed by atoms with Gasteiger partial charge in [-0.1, -0.05) is 33.6 Å². The summed E-state index contributed by atoms with van der Waals surface area (Å²) in [4.78, 5) is 25.8. The number of phenols is 1. The van der Waals surface area contributed by atoms with Crippen LogP contribution in [0.3, 0.4) is 0 Å². The number of methoxy groups -OCH3 is 1. The number of anilines is 1. The maximum atomic E-state index is 12.6. The van der Waals surface area contributed by atoms with E-state index < -0.39 is 11.9 Å². The smallest absolute Gasteiger partial charge is 0.333 e. The number of phenolic OH excluding ortho intramolecular Hbond substituents is 1. The summed E-state index contributed by atoms with van der Waals surface area (Å²) in [6.45, 7) is 0. The Morgan fingerprint density at radius 3 is 2.72 bits per heavy atom.